The highest BCUT2D eigenvalue weighted by molar-refractivity contribution is 5.85. The van der Waals surface area contributed by atoms with Gasteiger partial charge in [-0.2, -0.15) is 5.10 Å². The molecule has 4 nitrogen and oxygen atoms in total. The monoisotopic (exact) mass is 255 g/mol. The fraction of sp³-hybridized carbons (Fsp3) is 0.417. The minimum absolute atomic E-state index is 0. The molecule has 1 aliphatic rings. The predicted octanol–water partition coefficient (Wildman–Crippen LogP) is 1.40. The SMILES string of the molecule is CN1CCN(/N=C/c2ccc(O)cc2)CC1.Cl. The summed E-state index contributed by atoms with van der Waals surface area (Å²) in [6, 6.07) is 7.06. The molecule has 5 heteroatoms. The third kappa shape index (κ3) is 4.24. The van der Waals surface area contributed by atoms with Crippen LogP contribution in [-0.4, -0.2) is 54.5 Å². The van der Waals surface area contributed by atoms with Gasteiger partial charge in [-0.25, -0.2) is 0 Å². The highest BCUT2D eigenvalue weighted by Crippen LogP contribution is 2.08. The van der Waals surface area contributed by atoms with Crippen molar-refractivity contribution < 1.29 is 5.11 Å². The summed E-state index contributed by atoms with van der Waals surface area (Å²) >= 11 is 0. The Labute approximate surface area is 108 Å². The molecule has 1 heterocycles. The van der Waals surface area contributed by atoms with E-state index in [-0.39, 0.29) is 18.2 Å². The molecule has 1 saturated heterocycles. The van der Waals surface area contributed by atoms with Crippen LogP contribution in [0.1, 0.15) is 5.56 Å². The standard InChI is InChI=1S/C12H17N3O.ClH/c1-14-6-8-15(9-7-14)13-10-11-2-4-12(16)5-3-11;/h2-5,10,16H,6-9H2,1H3;1H/b13-10+;. The number of phenols is 1. The average molecular weight is 256 g/mol. The summed E-state index contributed by atoms with van der Waals surface area (Å²) in [6.45, 7) is 4.08. The second-order valence-corrected chi connectivity index (χ2v) is 4.09. The Kier molecular flexibility index (Phi) is 5.25. The van der Waals surface area contributed by atoms with Crippen LogP contribution >= 0.6 is 12.4 Å². The van der Waals surface area contributed by atoms with Gasteiger partial charge in [-0.3, -0.25) is 5.01 Å². The van der Waals surface area contributed by atoms with E-state index in [4.69, 9.17) is 5.11 Å². The Balaban J connectivity index is 0.00000144. The number of rotatable bonds is 2. The van der Waals surface area contributed by atoms with E-state index in [2.05, 4.69) is 22.1 Å². The van der Waals surface area contributed by atoms with E-state index in [1.54, 1.807) is 12.1 Å². The second kappa shape index (κ2) is 6.47. The van der Waals surface area contributed by atoms with Gasteiger partial charge >= 0.3 is 0 Å². The van der Waals surface area contributed by atoms with Crippen molar-refractivity contribution in [3.63, 3.8) is 0 Å². The summed E-state index contributed by atoms with van der Waals surface area (Å²) in [5.74, 6) is 0.289. The van der Waals surface area contributed by atoms with Crippen LogP contribution in [-0.2, 0) is 0 Å². The van der Waals surface area contributed by atoms with Gasteiger partial charge in [0.25, 0.3) is 0 Å². The van der Waals surface area contributed by atoms with Gasteiger partial charge < -0.3 is 10.0 Å². The number of hydrogen-bond donors (Lipinski definition) is 1. The number of halogens is 1. The van der Waals surface area contributed by atoms with Crippen molar-refractivity contribution >= 4 is 18.6 Å². The predicted molar refractivity (Wildman–Crippen MR) is 72.0 cm³/mol. The minimum Gasteiger partial charge on any atom is -0.508 e. The number of phenolic OH excluding ortho intramolecular Hbond substituents is 1. The van der Waals surface area contributed by atoms with Gasteiger partial charge in [-0.15, -0.1) is 12.4 Å². The third-order valence-corrected chi connectivity index (χ3v) is 2.74. The molecule has 0 bridgehead atoms. The quantitative estimate of drug-likeness (QED) is 0.812. The maximum absolute atomic E-state index is 9.14. The largest absolute Gasteiger partial charge is 0.508 e. The highest BCUT2D eigenvalue weighted by Gasteiger charge is 2.10. The van der Waals surface area contributed by atoms with Crippen LogP contribution in [0.25, 0.3) is 0 Å². The normalized spacial score (nSPS) is 17.1. The molecule has 0 atom stereocenters. The van der Waals surface area contributed by atoms with Crippen LogP contribution in [0.3, 0.4) is 0 Å². The molecular formula is C12H18ClN3O. The van der Waals surface area contributed by atoms with Gasteiger partial charge in [0.2, 0.25) is 0 Å². The summed E-state index contributed by atoms with van der Waals surface area (Å²) in [5.41, 5.74) is 1.01. The maximum Gasteiger partial charge on any atom is 0.115 e. The van der Waals surface area contributed by atoms with E-state index in [9.17, 15) is 0 Å². The molecule has 94 valence electrons. The van der Waals surface area contributed by atoms with E-state index in [0.29, 0.717) is 0 Å². The molecule has 1 N–H and O–H groups in total. The van der Waals surface area contributed by atoms with Crippen molar-refractivity contribution in [2.75, 3.05) is 33.2 Å². The zero-order chi connectivity index (χ0) is 11.4. The van der Waals surface area contributed by atoms with Crippen LogP contribution in [0.2, 0.25) is 0 Å². The average Bonchev–Trinajstić information content (AvgIpc) is 2.30. The molecule has 0 radical (unpaired) electrons. The van der Waals surface area contributed by atoms with Crippen molar-refractivity contribution in [3.05, 3.63) is 29.8 Å². The molecule has 1 aromatic rings. The molecule has 0 spiro atoms. The van der Waals surface area contributed by atoms with E-state index < -0.39 is 0 Å². The number of hydrogen-bond acceptors (Lipinski definition) is 4. The molecule has 0 aromatic heterocycles. The number of benzene rings is 1. The lowest BCUT2D eigenvalue weighted by Crippen LogP contribution is -2.41. The van der Waals surface area contributed by atoms with E-state index in [1.165, 1.54) is 0 Å². The zero-order valence-electron chi connectivity index (χ0n) is 9.91. The first kappa shape index (κ1) is 13.8. The second-order valence-electron chi connectivity index (χ2n) is 4.09. The van der Waals surface area contributed by atoms with Gasteiger partial charge in [-0.1, -0.05) is 0 Å². The van der Waals surface area contributed by atoms with Crippen LogP contribution in [0, 0.1) is 0 Å². The molecule has 0 saturated carbocycles. The van der Waals surface area contributed by atoms with Crippen LogP contribution in [0.5, 0.6) is 5.75 Å². The van der Waals surface area contributed by atoms with Gasteiger partial charge in [0.05, 0.1) is 6.21 Å². The molecule has 1 fully saturated rings. The van der Waals surface area contributed by atoms with Crippen molar-refractivity contribution in [1.82, 2.24) is 9.91 Å². The fourth-order valence-electron chi connectivity index (χ4n) is 1.62. The Bertz CT molecular complexity index is 359. The Hall–Kier alpha value is -1.26. The minimum atomic E-state index is 0. The lowest BCUT2D eigenvalue weighted by Gasteiger charge is -2.30. The first-order valence-electron chi connectivity index (χ1n) is 5.50. The molecule has 0 unspecified atom stereocenters. The Morgan fingerprint density at radius 3 is 2.29 bits per heavy atom. The molecule has 1 aliphatic heterocycles. The van der Waals surface area contributed by atoms with Crippen LogP contribution in [0.15, 0.2) is 29.4 Å². The van der Waals surface area contributed by atoms with Crippen molar-refractivity contribution in [3.8, 4) is 5.75 Å². The first-order valence-corrected chi connectivity index (χ1v) is 5.50. The van der Waals surface area contributed by atoms with Crippen molar-refractivity contribution in [2.24, 2.45) is 5.10 Å². The summed E-state index contributed by atoms with van der Waals surface area (Å²) in [6.07, 6.45) is 1.84. The third-order valence-electron chi connectivity index (χ3n) is 2.74. The van der Waals surface area contributed by atoms with Gasteiger partial charge in [0, 0.05) is 26.2 Å². The number of likely N-dealkylation sites (N-methyl/N-ethyl adjacent to an activating group) is 1. The van der Waals surface area contributed by atoms with Crippen molar-refractivity contribution in [2.45, 2.75) is 0 Å². The van der Waals surface area contributed by atoms with Gasteiger partial charge in [0.15, 0.2) is 0 Å². The summed E-state index contributed by atoms with van der Waals surface area (Å²) < 4.78 is 0. The lowest BCUT2D eigenvalue weighted by atomic mass is 10.2. The van der Waals surface area contributed by atoms with Gasteiger partial charge in [0.1, 0.15) is 5.75 Å². The number of nitrogens with zero attached hydrogens (tertiary/aromatic N) is 3. The lowest BCUT2D eigenvalue weighted by molar-refractivity contribution is 0.159. The summed E-state index contributed by atoms with van der Waals surface area (Å²) in [5, 5.41) is 15.6. The number of hydrazone groups is 1. The smallest absolute Gasteiger partial charge is 0.115 e. The maximum atomic E-state index is 9.14. The summed E-state index contributed by atoms with van der Waals surface area (Å²) in [4.78, 5) is 2.30. The fourth-order valence-corrected chi connectivity index (χ4v) is 1.62. The Morgan fingerprint density at radius 2 is 1.71 bits per heavy atom. The van der Waals surface area contributed by atoms with E-state index in [1.807, 2.05) is 18.3 Å². The van der Waals surface area contributed by atoms with E-state index in [0.717, 1.165) is 31.7 Å². The van der Waals surface area contributed by atoms with Gasteiger partial charge in [-0.05, 0) is 36.9 Å². The first-order chi connectivity index (χ1) is 7.74. The Morgan fingerprint density at radius 1 is 1.12 bits per heavy atom. The van der Waals surface area contributed by atoms with E-state index >= 15 is 0 Å². The van der Waals surface area contributed by atoms with Crippen LogP contribution < -0.4 is 0 Å². The van der Waals surface area contributed by atoms with Crippen LogP contribution in [0.4, 0.5) is 0 Å². The summed E-state index contributed by atoms with van der Waals surface area (Å²) in [7, 11) is 2.13. The molecule has 1 aromatic carbocycles. The molecular weight excluding hydrogens is 238 g/mol. The highest BCUT2D eigenvalue weighted by atomic mass is 35.5. The zero-order valence-corrected chi connectivity index (χ0v) is 10.7. The molecule has 17 heavy (non-hydrogen) atoms. The number of piperazine rings is 1. The molecule has 0 aliphatic carbocycles. The van der Waals surface area contributed by atoms with Crippen molar-refractivity contribution in [1.29, 1.82) is 0 Å². The molecule has 0 amide bonds. The topological polar surface area (TPSA) is 39.1 Å². The molecule has 2 rings (SSSR count). The number of aromatic hydroxyl groups is 1.